The average molecular weight is 318 g/mol. The third kappa shape index (κ3) is 3.71. The molecule has 1 aromatic rings. The van der Waals surface area contributed by atoms with Crippen LogP contribution < -0.4 is 4.90 Å². The second kappa shape index (κ2) is 7.21. The van der Waals surface area contributed by atoms with Crippen LogP contribution in [-0.4, -0.2) is 37.1 Å². The predicted octanol–water partition coefficient (Wildman–Crippen LogP) is 4.65. The Balaban J connectivity index is 1.64. The second-order valence-electron chi connectivity index (χ2n) is 7.70. The number of piperidine rings is 1. The molecule has 3 heteroatoms. The lowest BCUT2D eigenvalue weighted by molar-refractivity contribution is 0.207. The van der Waals surface area contributed by atoms with Crippen molar-refractivity contribution in [2.75, 3.05) is 31.1 Å². The summed E-state index contributed by atoms with van der Waals surface area (Å²) < 4.78 is 14.6. The first-order chi connectivity index (χ1) is 11.1. The van der Waals surface area contributed by atoms with Crippen LogP contribution in [0.5, 0.6) is 0 Å². The van der Waals surface area contributed by atoms with Crippen LogP contribution >= 0.6 is 0 Å². The highest BCUT2D eigenvalue weighted by Crippen LogP contribution is 2.30. The average Bonchev–Trinajstić information content (AvgIpc) is 3.08. The van der Waals surface area contributed by atoms with Crippen molar-refractivity contribution >= 4 is 5.69 Å². The minimum Gasteiger partial charge on any atom is -0.369 e. The lowest BCUT2D eigenvalue weighted by atomic mass is 9.90. The fraction of sp³-hybridized carbons (Fsp3) is 0.700. The first kappa shape index (κ1) is 16.8. The first-order valence-corrected chi connectivity index (χ1v) is 9.34. The van der Waals surface area contributed by atoms with Gasteiger partial charge in [-0.1, -0.05) is 26.8 Å². The summed E-state index contributed by atoms with van der Waals surface area (Å²) in [5.74, 6) is 0.894. The lowest BCUT2D eigenvalue weighted by Gasteiger charge is -2.38. The van der Waals surface area contributed by atoms with Gasteiger partial charge in [-0.3, -0.25) is 0 Å². The molecule has 23 heavy (non-hydrogen) atoms. The summed E-state index contributed by atoms with van der Waals surface area (Å²) in [4.78, 5) is 4.88. The van der Waals surface area contributed by atoms with E-state index in [9.17, 15) is 4.39 Å². The molecule has 2 saturated heterocycles. The van der Waals surface area contributed by atoms with Crippen LogP contribution in [0.3, 0.4) is 0 Å². The van der Waals surface area contributed by atoms with E-state index >= 15 is 0 Å². The van der Waals surface area contributed by atoms with Crippen molar-refractivity contribution in [2.45, 2.75) is 58.4 Å². The zero-order valence-electron chi connectivity index (χ0n) is 14.9. The molecule has 0 N–H and O–H groups in total. The number of halogens is 1. The van der Waals surface area contributed by atoms with E-state index in [-0.39, 0.29) is 5.82 Å². The summed E-state index contributed by atoms with van der Waals surface area (Å²) in [7, 11) is 0. The number of hydrogen-bond donors (Lipinski definition) is 0. The molecule has 128 valence electrons. The molecule has 3 rings (SSSR count). The molecule has 2 aliphatic rings. The van der Waals surface area contributed by atoms with Gasteiger partial charge in [0, 0.05) is 19.1 Å². The highest BCUT2D eigenvalue weighted by Gasteiger charge is 2.27. The number of benzene rings is 1. The van der Waals surface area contributed by atoms with Crippen molar-refractivity contribution in [1.82, 2.24) is 4.90 Å². The van der Waals surface area contributed by atoms with E-state index in [4.69, 9.17) is 0 Å². The van der Waals surface area contributed by atoms with Crippen LogP contribution in [0.1, 0.15) is 57.9 Å². The third-order valence-electron chi connectivity index (χ3n) is 5.96. The summed E-state index contributed by atoms with van der Waals surface area (Å²) >= 11 is 0. The number of rotatable bonds is 4. The zero-order chi connectivity index (χ0) is 16.4. The molecule has 1 aromatic carbocycles. The molecule has 0 amide bonds. The fourth-order valence-corrected chi connectivity index (χ4v) is 4.03. The molecule has 0 spiro atoms. The Bertz CT molecular complexity index is 514. The Morgan fingerprint density at radius 2 is 1.65 bits per heavy atom. The molecule has 0 aromatic heterocycles. The Labute approximate surface area is 140 Å². The van der Waals surface area contributed by atoms with Crippen molar-refractivity contribution in [2.24, 2.45) is 5.92 Å². The smallest absolute Gasteiger partial charge is 0.146 e. The summed E-state index contributed by atoms with van der Waals surface area (Å²) in [6.45, 7) is 11.1. The number of hydrogen-bond acceptors (Lipinski definition) is 2. The van der Waals surface area contributed by atoms with E-state index in [2.05, 4.69) is 36.6 Å². The Hall–Kier alpha value is -1.09. The van der Waals surface area contributed by atoms with Gasteiger partial charge >= 0.3 is 0 Å². The van der Waals surface area contributed by atoms with E-state index < -0.39 is 0 Å². The monoisotopic (exact) mass is 318 g/mol. The molecule has 0 saturated carbocycles. The Kier molecular flexibility index (Phi) is 5.25. The summed E-state index contributed by atoms with van der Waals surface area (Å²) in [6, 6.07) is 6.60. The normalized spacial score (nSPS) is 22.0. The minimum absolute atomic E-state index is 0.0466. The molecule has 2 aliphatic heterocycles. The van der Waals surface area contributed by atoms with Gasteiger partial charge in [0.2, 0.25) is 0 Å². The van der Waals surface area contributed by atoms with Gasteiger partial charge in [-0.15, -0.1) is 0 Å². The van der Waals surface area contributed by atoms with Crippen LogP contribution in [0, 0.1) is 11.7 Å². The van der Waals surface area contributed by atoms with E-state index in [0.29, 0.717) is 11.8 Å². The first-order valence-electron chi connectivity index (χ1n) is 9.34. The molecule has 2 heterocycles. The predicted molar refractivity (Wildman–Crippen MR) is 95.7 cm³/mol. The number of anilines is 1. The second-order valence-corrected chi connectivity index (χ2v) is 7.70. The molecule has 1 atom stereocenters. The Morgan fingerprint density at radius 3 is 2.22 bits per heavy atom. The van der Waals surface area contributed by atoms with Crippen molar-refractivity contribution in [3.63, 3.8) is 0 Å². The molecule has 2 nitrogen and oxygen atoms in total. The van der Waals surface area contributed by atoms with Crippen LogP contribution in [0.15, 0.2) is 18.2 Å². The van der Waals surface area contributed by atoms with Crippen molar-refractivity contribution in [1.29, 1.82) is 0 Å². The van der Waals surface area contributed by atoms with Gasteiger partial charge in [-0.25, -0.2) is 4.39 Å². The zero-order valence-corrected chi connectivity index (χ0v) is 14.9. The minimum atomic E-state index is -0.0466. The highest BCUT2D eigenvalue weighted by atomic mass is 19.1. The van der Waals surface area contributed by atoms with Gasteiger partial charge in [0.15, 0.2) is 0 Å². The fourth-order valence-electron chi connectivity index (χ4n) is 4.03. The highest BCUT2D eigenvalue weighted by molar-refractivity contribution is 5.50. The quantitative estimate of drug-likeness (QED) is 0.797. The molecule has 0 aliphatic carbocycles. The largest absolute Gasteiger partial charge is 0.369 e. The van der Waals surface area contributed by atoms with Crippen LogP contribution in [-0.2, 0) is 0 Å². The number of nitrogens with zero attached hydrogens (tertiary/aromatic N) is 2. The van der Waals surface area contributed by atoms with E-state index in [1.54, 1.807) is 6.07 Å². The topological polar surface area (TPSA) is 6.48 Å². The van der Waals surface area contributed by atoms with Gasteiger partial charge in [0.25, 0.3) is 0 Å². The van der Waals surface area contributed by atoms with Gasteiger partial charge < -0.3 is 9.80 Å². The SMILES string of the molecule is CC(C)C(C)c1ccc(N2CCC(N3CCCC3)CC2)c(F)c1. The van der Waals surface area contributed by atoms with Gasteiger partial charge in [0.05, 0.1) is 5.69 Å². The van der Waals surface area contributed by atoms with Crippen molar-refractivity contribution in [3.05, 3.63) is 29.6 Å². The molecule has 0 bridgehead atoms. The van der Waals surface area contributed by atoms with Crippen LogP contribution in [0.4, 0.5) is 10.1 Å². The van der Waals surface area contributed by atoms with Crippen LogP contribution in [0.25, 0.3) is 0 Å². The molecular formula is C20H31FN2. The summed E-state index contributed by atoms with van der Waals surface area (Å²) in [6.07, 6.45) is 5.04. The van der Waals surface area contributed by atoms with E-state index in [1.807, 2.05) is 6.07 Å². The lowest BCUT2D eigenvalue weighted by Crippen LogP contribution is -2.44. The van der Waals surface area contributed by atoms with E-state index in [1.165, 1.54) is 38.8 Å². The summed E-state index contributed by atoms with van der Waals surface area (Å²) in [5.41, 5.74) is 1.91. The van der Waals surface area contributed by atoms with Crippen LogP contribution in [0.2, 0.25) is 0 Å². The van der Waals surface area contributed by atoms with Gasteiger partial charge in [0.1, 0.15) is 5.82 Å². The standard InChI is InChI=1S/C20H31FN2/c1-15(2)16(3)17-6-7-20(19(21)14-17)23-12-8-18(9-13-23)22-10-4-5-11-22/h6-7,14-16,18H,4-5,8-13H2,1-3H3. The molecular weight excluding hydrogens is 287 g/mol. The Morgan fingerprint density at radius 1 is 1.00 bits per heavy atom. The molecule has 2 fully saturated rings. The van der Waals surface area contributed by atoms with Crippen molar-refractivity contribution in [3.8, 4) is 0 Å². The molecule has 0 radical (unpaired) electrons. The maximum atomic E-state index is 14.6. The number of likely N-dealkylation sites (tertiary alicyclic amines) is 1. The van der Waals surface area contributed by atoms with Gasteiger partial charge in [-0.2, -0.15) is 0 Å². The summed E-state index contributed by atoms with van der Waals surface area (Å²) in [5, 5.41) is 0. The maximum Gasteiger partial charge on any atom is 0.146 e. The van der Waals surface area contributed by atoms with Gasteiger partial charge in [-0.05, 0) is 68.3 Å². The van der Waals surface area contributed by atoms with E-state index in [0.717, 1.165) is 30.4 Å². The van der Waals surface area contributed by atoms with Crippen molar-refractivity contribution < 1.29 is 4.39 Å². The third-order valence-corrected chi connectivity index (χ3v) is 5.96. The molecule has 1 unspecified atom stereocenters. The maximum absolute atomic E-state index is 14.6.